The van der Waals surface area contributed by atoms with Gasteiger partial charge >= 0.3 is 7.12 Å². The molecule has 282 valence electrons. The third-order valence-corrected chi connectivity index (χ3v) is 18.5. The summed E-state index contributed by atoms with van der Waals surface area (Å²) in [7, 11) is -3.87. The molecule has 6 aliphatic rings. The van der Waals surface area contributed by atoms with Gasteiger partial charge in [0.1, 0.15) is 0 Å². The summed E-state index contributed by atoms with van der Waals surface area (Å²) in [6.45, 7) is 22.3. The zero-order valence-corrected chi connectivity index (χ0v) is 33.0. The molecule has 0 spiro atoms. The van der Waals surface area contributed by atoms with Crippen molar-refractivity contribution in [2.75, 3.05) is 37.7 Å². The van der Waals surface area contributed by atoms with Crippen molar-refractivity contribution in [3.05, 3.63) is 48.1 Å². The van der Waals surface area contributed by atoms with Crippen LogP contribution in [0.25, 0.3) is 5.57 Å². The van der Waals surface area contributed by atoms with Gasteiger partial charge in [-0.1, -0.05) is 77.1 Å². The number of benzene rings is 1. The Balaban J connectivity index is 1.13. The number of allylic oxidation sites excluding steroid dienone is 3. The molecule has 9 heteroatoms. The highest BCUT2D eigenvalue weighted by molar-refractivity contribution is 8.24. The van der Waals surface area contributed by atoms with Crippen LogP contribution in [0.2, 0.25) is 0 Å². The number of carbonyl (C=O) groups is 1. The summed E-state index contributed by atoms with van der Waals surface area (Å²) >= 11 is 0. The summed E-state index contributed by atoms with van der Waals surface area (Å²) in [4.78, 5) is 16.8. The molecule has 5 N–H and O–H groups in total. The van der Waals surface area contributed by atoms with E-state index in [0.717, 1.165) is 38.6 Å². The molecule has 51 heavy (non-hydrogen) atoms. The standard InChI is InChI=1S/C42H65BN2O5S/c1-28(2)31-14-19-42(37(46)44-22-23-45-24-26-51(49,50)27-25-45)21-20-40(6)33(36(31)42)12-13-35-39(5)17-15-32(29-8-10-30(11-9-29)43(47)48)38(3,4)34(39)16-18-41(35,40)7/h8-11,15,31,33-36,47-50H,1,12-14,16-27H2,2-7H3,(H,44,46)/t31-,33+,34-,35+,36+,39-,40+,41+,42-/m0/s1. The van der Waals surface area contributed by atoms with Crippen molar-refractivity contribution < 1.29 is 23.9 Å². The maximum atomic E-state index is 14.5. The van der Waals surface area contributed by atoms with Crippen molar-refractivity contribution in [1.29, 1.82) is 0 Å². The van der Waals surface area contributed by atoms with E-state index in [-0.39, 0.29) is 33.0 Å². The smallest absolute Gasteiger partial charge is 0.423 e. The SMILES string of the molecule is C=C(C)[C@@H]1CC[C@]2(C(=O)NCCN3CCS(O)(O)CC3)CC[C@]3(C)[C@H](CC[C@@H]4[C@@]5(C)CC=C(c6ccc(B(O)O)cc6)C(C)(C)[C@@H]5CC[C@]43C)[C@@H]12. The van der Waals surface area contributed by atoms with Gasteiger partial charge in [0.2, 0.25) is 5.91 Å². The van der Waals surface area contributed by atoms with Crippen LogP contribution in [0.4, 0.5) is 0 Å². The first-order valence-electron chi connectivity index (χ1n) is 20.0. The van der Waals surface area contributed by atoms with Crippen LogP contribution in [0.3, 0.4) is 0 Å². The molecular formula is C42H65BN2O5S. The van der Waals surface area contributed by atoms with Gasteiger partial charge in [-0.25, -0.2) is 0 Å². The van der Waals surface area contributed by atoms with Crippen LogP contribution in [-0.4, -0.2) is 74.8 Å². The zero-order valence-electron chi connectivity index (χ0n) is 32.2. The van der Waals surface area contributed by atoms with E-state index in [1.54, 1.807) is 0 Å². The van der Waals surface area contributed by atoms with Gasteiger partial charge in [-0.2, -0.15) is 10.6 Å². The summed E-state index contributed by atoms with van der Waals surface area (Å²) < 4.78 is 20.1. The average molecular weight is 721 g/mol. The predicted octanol–water partition coefficient (Wildman–Crippen LogP) is 7.20. The Kier molecular flexibility index (Phi) is 9.61. The molecule has 1 saturated heterocycles. The van der Waals surface area contributed by atoms with E-state index < -0.39 is 17.7 Å². The van der Waals surface area contributed by atoms with Crippen molar-refractivity contribution in [3.8, 4) is 0 Å². The Bertz CT molecular complexity index is 1550. The summed E-state index contributed by atoms with van der Waals surface area (Å²) in [6, 6.07) is 7.84. The highest BCUT2D eigenvalue weighted by atomic mass is 32.3. The molecule has 7 rings (SSSR count). The highest BCUT2D eigenvalue weighted by Crippen LogP contribution is 2.77. The first kappa shape index (κ1) is 37.7. The van der Waals surface area contributed by atoms with Crippen LogP contribution < -0.4 is 10.8 Å². The van der Waals surface area contributed by atoms with Gasteiger partial charge in [0, 0.05) is 26.2 Å². The van der Waals surface area contributed by atoms with Gasteiger partial charge in [0.25, 0.3) is 0 Å². The van der Waals surface area contributed by atoms with E-state index in [2.05, 4.69) is 76.5 Å². The quantitative estimate of drug-likeness (QED) is 0.151. The lowest BCUT2D eigenvalue weighted by molar-refractivity contribution is -0.225. The Morgan fingerprint density at radius 2 is 1.61 bits per heavy atom. The number of amides is 1. The fourth-order valence-corrected chi connectivity index (χ4v) is 15.3. The highest BCUT2D eigenvalue weighted by Gasteiger charge is 2.71. The molecule has 1 amide bonds. The second-order valence-electron chi connectivity index (χ2n) is 19.2. The number of fused-ring (bicyclic) bond motifs is 7. The van der Waals surface area contributed by atoms with Gasteiger partial charge < -0.3 is 15.4 Å². The number of carbonyl (C=O) groups excluding carboxylic acids is 1. The van der Waals surface area contributed by atoms with Crippen molar-refractivity contribution in [3.63, 3.8) is 0 Å². The van der Waals surface area contributed by atoms with Crippen molar-refractivity contribution in [1.82, 2.24) is 10.2 Å². The van der Waals surface area contributed by atoms with Gasteiger partial charge in [-0.15, -0.1) is 0 Å². The number of nitrogens with one attached hydrogen (secondary N) is 1. The Morgan fingerprint density at radius 3 is 2.25 bits per heavy atom. The predicted molar refractivity (Wildman–Crippen MR) is 211 cm³/mol. The van der Waals surface area contributed by atoms with E-state index in [9.17, 15) is 23.9 Å². The molecule has 9 atom stereocenters. The Hall–Kier alpha value is -1.62. The van der Waals surface area contributed by atoms with Crippen LogP contribution in [0.1, 0.15) is 105 Å². The van der Waals surface area contributed by atoms with Crippen molar-refractivity contribution >= 4 is 34.7 Å². The minimum absolute atomic E-state index is 0.00356. The van der Waals surface area contributed by atoms with Crippen LogP contribution in [0, 0.1) is 56.7 Å². The van der Waals surface area contributed by atoms with Crippen LogP contribution >= 0.6 is 10.6 Å². The maximum Gasteiger partial charge on any atom is 0.488 e. The normalized spacial score (nSPS) is 41.9. The topological polar surface area (TPSA) is 113 Å². The lowest BCUT2D eigenvalue weighted by atomic mass is 9.32. The summed E-state index contributed by atoms with van der Waals surface area (Å²) in [6.07, 6.45) is 12.5. The van der Waals surface area contributed by atoms with Gasteiger partial charge in [0.15, 0.2) is 0 Å². The number of hydrogen-bond acceptors (Lipinski definition) is 6. The second-order valence-corrected chi connectivity index (χ2v) is 21.6. The van der Waals surface area contributed by atoms with Crippen molar-refractivity contribution in [2.45, 2.75) is 99.3 Å². The number of hydrogen-bond donors (Lipinski definition) is 5. The summed E-state index contributed by atoms with van der Waals surface area (Å²) in [5.74, 6) is 3.52. The molecule has 0 aromatic heterocycles. The minimum Gasteiger partial charge on any atom is -0.423 e. The fourth-order valence-electron chi connectivity index (χ4n) is 14.0. The van der Waals surface area contributed by atoms with Gasteiger partial charge in [0.05, 0.1) is 16.9 Å². The lowest BCUT2D eigenvalue weighted by Crippen LogP contribution is -2.66. The Labute approximate surface area is 309 Å². The number of rotatable bonds is 7. The lowest BCUT2D eigenvalue weighted by Gasteiger charge is -2.72. The van der Waals surface area contributed by atoms with Crippen LogP contribution in [0.5, 0.6) is 0 Å². The van der Waals surface area contributed by atoms with Crippen molar-refractivity contribution in [2.24, 2.45) is 56.7 Å². The molecule has 7 nitrogen and oxygen atoms in total. The molecular weight excluding hydrogens is 655 g/mol. The molecule has 5 aliphatic carbocycles. The van der Waals surface area contributed by atoms with Gasteiger partial charge in [-0.3, -0.25) is 18.8 Å². The fraction of sp³-hybridized carbons (Fsp3) is 0.738. The molecule has 0 unspecified atom stereocenters. The minimum atomic E-state index is -2.42. The second kappa shape index (κ2) is 13.0. The molecule has 1 aliphatic heterocycles. The van der Waals surface area contributed by atoms with E-state index in [1.807, 2.05) is 12.1 Å². The molecule has 4 saturated carbocycles. The Morgan fingerprint density at radius 1 is 0.922 bits per heavy atom. The summed E-state index contributed by atoms with van der Waals surface area (Å²) in [5, 5.41) is 22.8. The first-order valence-corrected chi connectivity index (χ1v) is 21.8. The molecule has 0 radical (unpaired) electrons. The monoisotopic (exact) mass is 720 g/mol. The van der Waals surface area contributed by atoms with E-state index >= 15 is 0 Å². The maximum absolute atomic E-state index is 14.5. The first-order chi connectivity index (χ1) is 23.9. The van der Waals surface area contributed by atoms with E-state index in [1.165, 1.54) is 42.4 Å². The number of nitrogens with zero attached hydrogens (tertiary/aromatic N) is 1. The average Bonchev–Trinajstić information content (AvgIpc) is 3.47. The third kappa shape index (κ3) is 5.85. The molecule has 0 bridgehead atoms. The van der Waals surface area contributed by atoms with Crippen LogP contribution in [0.15, 0.2) is 42.5 Å². The van der Waals surface area contributed by atoms with E-state index in [4.69, 9.17) is 0 Å². The molecule has 1 heterocycles. The summed E-state index contributed by atoms with van der Waals surface area (Å²) in [5.41, 5.74) is 4.57. The van der Waals surface area contributed by atoms with Crippen LogP contribution in [-0.2, 0) is 4.79 Å². The largest absolute Gasteiger partial charge is 0.488 e. The zero-order chi connectivity index (χ0) is 36.8. The van der Waals surface area contributed by atoms with E-state index in [0.29, 0.717) is 66.2 Å². The van der Waals surface area contributed by atoms with Gasteiger partial charge in [-0.05, 0) is 133 Å². The third-order valence-electron chi connectivity index (χ3n) is 16.8. The molecule has 1 aromatic carbocycles. The molecule has 5 fully saturated rings. The molecule has 1 aromatic rings.